The van der Waals surface area contributed by atoms with Crippen molar-refractivity contribution in [1.29, 1.82) is 0 Å². The lowest BCUT2D eigenvalue weighted by molar-refractivity contribution is 0.351. The second-order valence-corrected chi connectivity index (χ2v) is 6.25. The molecular weight excluding hydrogens is 245 g/mol. The van der Waals surface area contributed by atoms with Gasteiger partial charge < -0.3 is 5.32 Å². The maximum Gasteiger partial charge on any atom is 0.216 e. The average Bonchev–Trinajstić information content (AvgIpc) is 2.17. The smallest absolute Gasteiger partial charge is 0.216 e. The van der Waals surface area contributed by atoms with Crippen molar-refractivity contribution in [2.75, 3.05) is 11.9 Å². The lowest BCUT2D eigenvalue weighted by Crippen LogP contribution is -2.53. The zero-order chi connectivity index (χ0) is 12.5. The summed E-state index contributed by atoms with van der Waals surface area (Å²) in [6.45, 7) is 0.213. The van der Waals surface area contributed by atoms with Crippen molar-refractivity contribution in [1.82, 2.24) is 4.98 Å². The Kier molecular flexibility index (Phi) is 3.05. The second-order valence-electron chi connectivity index (χ2n) is 4.30. The van der Waals surface area contributed by atoms with Gasteiger partial charge in [-0.3, -0.25) is 0 Å². The summed E-state index contributed by atoms with van der Waals surface area (Å²) in [4.78, 5) is 3.80. The van der Waals surface area contributed by atoms with Gasteiger partial charge in [0.05, 0.1) is 6.20 Å². The summed E-state index contributed by atoms with van der Waals surface area (Å²) in [7, 11) is -3.57. The number of rotatable bonds is 4. The third kappa shape index (κ3) is 2.39. The summed E-state index contributed by atoms with van der Waals surface area (Å²) in [5.41, 5.74) is 0. The first kappa shape index (κ1) is 12.3. The van der Waals surface area contributed by atoms with Crippen LogP contribution in [0.25, 0.3) is 0 Å². The Balaban J connectivity index is 2.04. The van der Waals surface area contributed by atoms with E-state index in [0.717, 1.165) is 12.6 Å². The number of hydrogen-bond donors (Lipinski definition) is 2. The number of hydrogen-bond acceptors (Lipinski definition) is 4. The zero-order valence-electron chi connectivity index (χ0n) is 9.19. The highest BCUT2D eigenvalue weighted by molar-refractivity contribution is 7.90. The number of nitrogens with one attached hydrogen (secondary N) is 1. The fraction of sp³-hybridized carbons (Fsp3) is 0.500. The molecule has 1 heterocycles. The quantitative estimate of drug-likeness (QED) is 0.839. The van der Waals surface area contributed by atoms with E-state index in [0.29, 0.717) is 18.7 Å². The highest BCUT2D eigenvalue weighted by Crippen LogP contribution is 2.37. The molecule has 1 aliphatic rings. The molecule has 1 aromatic rings. The van der Waals surface area contributed by atoms with Gasteiger partial charge in [-0.05, 0) is 25.0 Å². The van der Waals surface area contributed by atoms with Crippen LogP contribution in [0, 0.1) is 5.82 Å². The average molecular weight is 259 g/mol. The van der Waals surface area contributed by atoms with Crippen LogP contribution in [0.5, 0.6) is 0 Å². The highest BCUT2D eigenvalue weighted by Gasteiger charge is 2.46. The first-order valence-corrected chi connectivity index (χ1v) is 6.85. The molecule has 0 amide bonds. The Morgan fingerprint density at radius 2 is 2.18 bits per heavy atom. The molecule has 1 aromatic heterocycles. The minimum Gasteiger partial charge on any atom is -0.368 e. The number of nitrogens with zero attached hydrogens (tertiary/aromatic N) is 1. The van der Waals surface area contributed by atoms with Gasteiger partial charge in [0.25, 0.3) is 0 Å². The Bertz CT molecular complexity index is 497. The van der Waals surface area contributed by atoms with Crippen LogP contribution in [0.4, 0.5) is 10.2 Å². The standard InChI is InChI=1S/C10H14FN3O2S/c11-8-2-3-9(13-6-8)14-7-10(4-1-5-10)17(12,15)16/h2-3,6H,1,4-5,7H2,(H,13,14)(H2,12,15,16). The predicted octanol–water partition coefficient (Wildman–Crippen LogP) is 0.844. The molecular formula is C10H14FN3O2S. The first-order valence-electron chi connectivity index (χ1n) is 5.31. The summed E-state index contributed by atoms with van der Waals surface area (Å²) < 4.78 is 34.7. The summed E-state index contributed by atoms with van der Waals surface area (Å²) in [5.74, 6) is 0.0154. The number of sulfonamides is 1. The van der Waals surface area contributed by atoms with Gasteiger partial charge in [-0.2, -0.15) is 0 Å². The molecule has 1 saturated carbocycles. The third-order valence-electron chi connectivity index (χ3n) is 3.19. The van der Waals surface area contributed by atoms with Gasteiger partial charge in [0.2, 0.25) is 10.0 Å². The predicted molar refractivity (Wildman–Crippen MR) is 62.4 cm³/mol. The minimum atomic E-state index is -3.57. The topological polar surface area (TPSA) is 85.1 Å². The molecule has 3 N–H and O–H groups in total. The number of primary sulfonamides is 1. The van der Waals surface area contributed by atoms with Gasteiger partial charge >= 0.3 is 0 Å². The van der Waals surface area contributed by atoms with E-state index in [1.807, 2.05) is 0 Å². The number of aromatic nitrogens is 1. The van der Waals surface area contributed by atoms with Crippen LogP contribution in [0.3, 0.4) is 0 Å². The number of nitrogens with two attached hydrogens (primary N) is 1. The van der Waals surface area contributed by atoms with Crippen LogP contribution in [0.15, 0.2) is 18.3 Å². The maximum absolute atomic E-state index is 12.6. The summed E-state index contributed by atoms with van der Waals surface area (Å²) in [5, 5.41) is 8.10. The van der Waals surface area contributed by atoms with Crippen LogP contribution < -0.4 is 10.5 Å². The molecule has 0 aliphatic heterocycles. The van der Waals surface area contributed by atoms with E-state index >= 15 is 0 Å². The van der Waals surface area contributed by atoms with Crippen molar-refractivity contribution in [3.63, 3.8) is 0 Å². The monoisotopic (exact) mass is 259 g/mol. The Hall–Kier alpha value is -1.21. The number of anilines is 1. The number of halogens is 1. The van der Waals surface area contributed by atoms with Crippen LogP contribution in [-0.2, 0) is 10.0 Å². The van der Waals surface area contributed by atoms with Crippen LogP contribution >= 0.6 is 0 Å². The van der Waals surface area contributed by atoms with Crippen LogP contribution in [-0.4, -0.2) is 24.7 Å². The van der Waals surface area contributed by atoms with E-state index in [2.05, 4.69) is 10.3 Å². The van der Waals surface area contributed by atoms with Gasteiger partial charge in [-0.15, -0.1) is 0 Å². The molecule has 5 nitrogen and oxygen atoms in total. The van der Waals surface area contributed by atoms with Gasteiger partial charge in [0, 0.05) is 6.54 Å². The van der Waals surface area contributed by atoms with E-state index in [1.54, 1.807) is 0 Å². The molecule has 2 rings (SSSR count). The molecule has 0 aromatic carbocycles. The van der Waals surface area contributed by atoms with Crippen molar-refractivity contribution in [3.05, 3.63) is 24.1 Å². The van der Waals surface area contributed by atoms with E-state index in [4.69, 9.17) is 5.14 Å². The Morgan fingerprint density at radius 3 is 2.59 bits per heavy atom. The van der Waals surface area contributed by atoms with E-state index < -0.39 is 20.6 Å². The van der Waals surface area contributed by atoms with Gasteiger partial charge in [0.1, 0.15) is 16.4 Å². The molecule has 0 bridgehead atoms. The first-order chi connectivity index (χ1) is 7.93. The van der Waals surface area contributed by atoms with Crippen LogP contribution in [0.1, 0.15) is 19.3 Å². The fourth-order valence-corrected chi connectivity index (χ4v) is 3.00. The summed E-state index contributed by atoms with van der Waals surface area (Å²) in [6, 6.07) is 2.73. The lowest BCUT2D eigenvalue weighted by atomic mass is 9.84. The SMILES string of the molecule is NS(=O)(=O)C1(CNc2ccc(F)cn2)CCC1. The molecule has 1 fully saturated rings. The summed E-state index contributed by atoms with van der Waals surface area (Å²) in [6.07, 6.45) is 3.04. The molecule has 94 valence electrons. The van der Waals surface area contributed by atoms with Crippen molar-refractivity contribution in [3.8, 4) is 0 Å². The summed E-state index contributed by atoms with van der Waals surface area (Å²) >= 11 is 0. The third-order valence-corrected chi connectivity index (χ3v) is 4.95. The minimum absolute atomic E-state index is 0.213. The zero-order valence-corrected chi connectivity index (χ0v) is 10.0. The Labute approximate surface area is 99.3 Å². The van der Waals surface area contributed by atoms with E-state index in [9.17, 15) is 12.8 Å². The maximum atomic E-state index is 12.6. The van der Waals surface area contributed by atoms with Gasteiger partial charge in [0.15, 0.2) is 0 Å². The Morgan fingerprint density at radius 1 is 1.47 bits per heavy atom. The molecule has 0 unspecified atom stereocenters. The van der Waals surface area contributed by atoms with Crippen molar-refractivity contribution in [2.24, 2.45) is 5.14 Å². The lowest BCUT2D eigenvalue weighted by Gasteiger charge is -2.39. The van der Waals surface area contributed by atoms with E-state index in [-0.39, 0.29) is 6.54 Å². The van der Waals surface area contributed by atoms with Crippen LogP contribution in [0.2, 0.25) is 0 Å². The molecule has 0 atom stereocenters. The van der Waals surface area contributed by atoms with Gasteiger partial charge in [-0.1, -0.05) is 6.42 Å². The molecule has 17 heavy (non-hydrogen) atoms. The highest BCUT2D eigenvalue weighted by atomic mass is 32.2. The van der Waals surface area contributed by atoms with E-state index in [1.165, 1.54) is 12.1 Å². The van der Waals surface area contributed by atoms with Crippen molar-refractivity contribution in [2.45, 2.75) is 24.0 Å². The molecule has 1 aliphatic carbocycles. The second kappa shape index (κ2) is 4.23. The number of pyridine rings is 1. The normalized spacial score (nSPS) is 18.5. The van der Waals surface area contributed by atoms with Crippen molar-refractivity contribution >= 4 is 15.8 Å². The molecule has 0 radical (unpaired) electrons. The molecule has 0 spiro atoms. The largest absolute Gasteiger partial charge is 0.368 e. The van der Waals surface area contributed by atoms with Crippen molar-refractivity contribution < 1.29 is 12.8 Å². The molecule has 7 heteroatoms. The fourth-order valence-electron chi connectivity index (χ4n) is 1.87. The van der Waals surface area contributed by atoms with Gasteiger partial charge in [-0.25, -0.2) is 22.9 Å². The molecule has 0 saturated heterocycles.